The van der Waals surface area contributed by atoms with E-state index in [0.717, 1.165) is 5.69 Å². The lowest BCUT2D eigenvalue weighted by atomic mass is 10.1. The molecule has 0 amide bonds. The molecule has 4 heteroatoms. The summed E-state index contributed by atoms with van der Waals surface area (Å²) in [7, 11) is 7.00. The second-order valence-corrected chi connectivity index (χ2v) is 4.17. The van der Waals surface area contributed by atoms with Crippen LogP contribution in [0.15, 0.2) is 18.2 Å². The van der Waals surface area contributed by atoms with Gasteiger partial charge in [0.1, 0.15) is 11.5 Å². The quantitative estimate of drug-likeness (QED) is 0.552. The van der Waals surface area contributed by atoms with E-state index in [9.17, 15) is 9.18 Å². The zero-order chi connectivity index (χ0) is 11.6. The molecule has 0 radical (unpaired) electrons. The largest absolute Gasteiger partial charge is 0.465 e. The monoisotopic (exact) mass is 212 g/mol. The minimum absolute atomic E-state index is 0.0327. The van der Waals surface area contributed by atoms with Crippen molar-refractivity contribution in [2.45, 2.75) is 0 Å². The Kier molecular flexibility index (Phi) is 3.09. The van der Waals surface area contributed by atoms with Gasteiger partial charge in [-0.1, -0.05) is 0 Å². The van der Waals surface area contributed by atoms with Crippen molar-refractivity contribution in [1.29, 1.82) is 0 Å². The lowest BCUT2D eigenvalue weighted by Crippen LogP contribution is -2.34. The number of hydrogen-bond donors (Lipinski definition) is 0. The summed E-state index contributed by atoms with van der Waals surface area (Å²) in [5.74, 6) is -1.20. The highest BCUT2D eigenvalue weighted by molar-refractivity contribution is 5.90. The van der Waals surface area contributed by atoms with E-state index in [1.54, 1.807) is 6.07 Å². The number of carbonyl (C=O) groups is 1. The van der Waals surface area contributed by atoms with Gasteiger partial charge in [0.05, 0.1) is 33.8 Å². The van der Waals surface area contributed by atoms with Gasteiger partial charge < -0.3 is 4.74 Å². The van der Waals surface area contributed by atoms with E-state index in [0.29, 0.717) is 4.48 Å². The van der Waals surface area contributed by atoms with Gasteiger partial charge in [0.2, 0.25) is 0 Å². The number of carbonyl (C=O) groups excluding carboxylic acids is 1. The molecule has 15 heavy (non-hydrogen) atoms. The molecule has 82 valence electrons. The first kappa shape index (κ1) is 11.7. The van der Waals surface area contributed by atoms with Gasteiger partial charge in [0.25, 0.3) is 0 Å². The third-order valence-electron chi connectivity index (χ3n) is 2.13. The van der Waals surface area contributed by atoms with E-state index in [4.69, 9.17) is 0 Å². The van der Waals surface area contributed by atoms with E-state index in [1.165, 1.54) is 19.2 Å². The average Bonchev–Trinajstić information content (AvgIpc) is 2.15. The third kappa shape index (κ3) is 2.53. The van der Waals surface area contributed by atoms with Crippen LogP contribution in [0.2, 0.25) is 0 Å². The van der Waals surface area contributed by atoms with Gasteiger partial charge in [0.15, 0.2) is 0 Å². The van der Waals surface area contributed by atoms with Crippen molar-refractivity contribution in [3.05, 3.63) is 29.6 Å². The van der Waals surface area contributed by atoms with Crippen molar-refractivity contribution >= 4 is 11.7 Å². The molecule has 0 bridgehead atoms. The normalized spacial score (nSPS) is 11.3. The molecular formula is C11H15FNO2+. The first-order valence-electron chi connectivity index (χ1n) is 4.56. The SMILES string of the molecule is COC(=O)c1ccc([N+](C)(C)C)cc1F. The molecule has 0 heterocycles. The summed E-state index contributed by atoms with van der Waals surface area (Å²) in [5, 5.41) is 0. The first-order valence-corrected chi connectivity index (χ1v) is 4.56. The minimum Gasteiger partial charge on any atom is -0.465 e. The fourth-order valence-corrected chi connectivity index (χ4v) is 1.20. The Balaban J connectivity index is 3.15. The molecule has 3 nitrogen and oxygen atoms in total. The van der Waals surface area contributed by atoms with Crippen LogP contribution in [0, 0.1) is 5.82 Å². The summed E-state index contributed by atoms with van der Waals surface area (Å²) in [5.41, 5.74) is 0.759. The van der Waals surface area contributed by atoms with Crippen molar-refractivity contribution < 1.29 is 13.9 Å². The standard InChI is InChI=1S/C11H15FNO2/c1-13(2,3)8-5-6-9(10(12)7-8)11(14)15-4/h5-7H,1-4H3/q+1. The second-order valence-electron chi connectivity index (χ2n) is 4.17. The number of esters is 1. The van der Waals surface area contributed by atoms with Gasteiger partial charge in [-0.15, -0.1) is 0 Å². The maximum Gasteiger partial charge on any atom is 0.340 e. The van der Waals surface area contributed by atoms with Crippen LogP contribution in [-0.2, 0) is 4.74 Å². The van der Waals surface area contributed by atoms with Gasteiger partial charge >= 0.3 is 5.97 Å². The van der Waals surface area contributed by atoms with E-state index < -0.39 is 11.8 Å². The average molecular weight is 212 g/mol. The van der Waals surface area contributed by atoms with Crippen molar-refractivity contribution in [2.24, 2.45) is 0 Å². The summed E-state index contributed by atoms with van der Waals surface area (Å²) in [4.78, 5) is 11.1. The van der Waals surface area contributed by atoms with Crippen LogP contribution >= 0.6 is 0 Å². The van der Waals surface area contributed by atoms with Crippen molar-refractivity contribution in [3.63, 3.8) is 0 Å². The predicted octanol–water partition coefficient (Wildman–Crippen LogP) is 1.81. The fraction of sp³-hybridized carbons (Fsp3) is 0.364. The molecule has 0 aliphatic heterocycles. The van der Waals surface area contributed by atoms with Crippen molar-refractivity contribution in [2.75, 3.05) is 28.3 Å². The van der Waals surface area contributed by atoms with Crippen LogP contribution in [0.25, 0.3) is 0 Å². The van der Waals surface area contributed by atoms with Gasteiger partial charge in [0, 0.05) is 12.1 Å². The number of methoxy groups -OCH3 is 1. The Bertz CT molecular complexity index is 383. The maximum atomic E-state index is 13.5. The summed E-state index contributed by atoms with van der Waals surface area (Å²) < 4.78 is 18.5. The van der Waals surface area contributed by atoms with E-state index >= 15 is 0 Å². The molecule has 0 fully saturated rings. The van der Waals surface area contributed by atoms with Crippen LogP contribution in [0.3, 0.4) is 0 Å². The lowest BCUT2D eigenvalue weighted by Gasteiger charge is -2.23. The number of rotatable bonds is 2. The van der Waals surface area contributed by atoms with Gasteiger partial charge in [-0.2, -0.15) is 0 Å². The van der Waals surface area contributed by atoms with Gasteiger partial charge in [-0.25, -0.2) is 9.18 Å². The molecule has 1 aromatic carbocycles. The highest BCUT2D eigenvalue weighted by atomic mass is 19.1. The van der Waals surface area contributed by atoms with Gasteiger partial charge in [-0.05, 0) is 6.07 Å². The third-order valence-corrected chi connectivity index (χ3v) is 2.13. The minimum atomic E-state index is -0.652. The topological polar surface area (TPSA) is 26.3 Å². The molecule has 0 atom stereocenters. The number of nitrogens with zero attached hydrogens (tertiary/aromatic N) is 1. The van der Waals surface area contributed by atoms with Crippen LogP contribution in [-0.4, -0.2) is 34.2 Å². The molecule has 0 aliphatic rings. The molecule has 0 spiro atoms. The number of ether oxygens (including phenoxy) is 1. The van der Waals surface area contributed by atoms with Crippen LogP contribution in [0.5, 0.6) is 0 Å². The first-order chi connectivity index (χ1) is 6.86. The summed E-state index contributed by atoms with van der Waals surface area (Å²) >= 11 is 0. The molecule has 0 aliphatic carbocycles. The number of quaternary nitrogens is 1. The van der Waals surface area contributed by atoms with Gasteiger partial charge in [-0.3, -0.25) is 4.48 Å². The predicted molar refractivity (Wildman–Crippen MR) is 57.3 cm³/mol. The summed E-state index contributed by atoms with van der Waals surface area (Å²) in [6.45, 7) is 0. The number of halogens is 1. The molecule has 0 saturated carbocycles. The number of benzene rings is 1. The molecule has 0 unspecified atom stereocenters. The lowest BCUT2D eigenvalue weighted by molar-refractivity contribution is 0.0595. The molecule has 0 N–H and O–H groups in total. The molecule has 1 aromatic rings. The smallest absolute Gasteiger partial charge is 0.340 e. The fourth-order valence-electron chi connectivity index (χ4n) is 1.20. The Morgan fingerprint density at radius 1 is 1.33 bits per heavy atom. The zero-order valence-electron chi connectivity index (χ0n) is 9.37. The Morgan fingerprint density at radius 3 is 2.33 bits per heavy atom. The zero-order valence-corrected chi connectivity index (χ0v) is 9.37. The Labute approximate surface area is 88.7 Å². The van der Waals surface area contributed by atoms with Crippen molar-refractivity contribution in [3.8, 4) is 0 Å². The highest BCUT2D eigenvalue weighted by Crippen LogP contribution is 2.20. The summed E-state index contributed by atoms with van der Waals surface area (Å²) in [6.07, 6.45) is 0. The van der Waals surface area contributed by atoms with E-state index in [1.807, 2.05) is 21.1 Å². The van der Waals surface area contributed by atoms with Crippen LogP contribution in [0.1, 0.15) is 10.4 Å². The van der Waals surface area contributed by atoms with E-state index in [-0.39, 0.29) is 5.56 Å². The molecule has 1 rings (SSSR count). The van der Waals surface area contributed by atoms with Crippen molar-refractivity contribution in [1.82, 2.24) is 4.48 Å². The second kappa shape index (κ2) is 3.98. The van der Waals surface area contributed by atoms with E-state index in [2.05, 4.69) is 4.74 Å². The number of hydrogen-bond acceptors (Lipinski definition) is 2. The van der Waals surface area contributed by atoms with Crippen LogP contribution < -0.4 is 4.48 Å². The molecular weight excluding hydrogens is 197 g/mol. The highest BCUT2D eigenvalue weighted by Gasteiger charge is 2.18. The van der Waals surface area contributed by atoms with Crippen LogP contribution in [0.4, 0.5) is 10.1 Å². The Hall–Kier alpha value is -1.42. The molecule has 0 aromatic heterocycles. The maximum absolute atomic E-state index is 13.5. The Morgan fingerprint density at radius 2 is 1.93 bits per heavy atom. The summed E-state index contributed by atoms with van der Waals surface area (Å²) in [6, 6.07) is 4.52. The molecule has 0 saturated heterocycles.